The second kappa shape index (κ2) is 11.2. The number of hydrogen-bond donors (Lipinski definition) is 2. The fraction of sp³-hybridized carbons (Fsp3) is 0.179. The number of amides is 2. The molecule has 0 saturated carbocycles. The lowest BCUT2D eigenvalue weighted by Gasteiger charge is -2.12. The molecule has 7 nitrogen and oxygen atoms in total. The zero-order valence-electron chi connectivity index (χ0n) is 20.8. The van der Waals surface area contributed by atoms with Crippen molar-refractivity contribution in [1.82, 2.24) is 4.98 Å². The summed E-state index contributed by atoms with van der Waals surface area (Å²) >= 11 is 1.40. The first-order chi connectivity index (χ1) is 17.7. The van der Waals surface area contributed by atoms with Crippen LogP contribution in [0.3, 0.4) is 0 Å². The van der Waals surface area contributed by atoms with Crippen LogP contribution in [0.2, 0.25) is 0 Å². The van der Waals surface area contributed by atoms with Crippen molar-refractivity contribution >= 4 is 34.0 Å². The number of carbonyl (C=O) groups excluding carboxylic acids is 2. The van der Waals surface area contributed by atoms with E-state index in [0.29, 0.717) is 27.9 Å². The van der Waals surface area contributed by atoms with Gasteiger partial charge in [-0.1, -0.05) is 12.1 Å². The van der Waals surface area contributed by atoms with Crippen LogP contribution in [0, 0.1) is 26.6 Å². The third-order valence-electron chi connectivity index (χ3n) is 5.71. The van der Waals surface area contributed by atoms with Gasteiger partial charge in [-0.05, 0) is 80.4 Å². The van der Waals surface area contributed by atoms with Crippen molar-refractivity contribution in [3.05, 3.63) is 88.0 Å². The van der Waals surface area contributed by atoms with Gasteiger partial charge in [0.05, 0.1) is 12.8 Å². The minimum atomic E-state index is -0.422. The number of nitrogens with one attached hydrogen (secondary N) is 2. The van der Waals surface area contributed by atoms with Gasteiger partial charge in [0.1, 0.15) is 5.82 Å². The topological polar surface area (TPSA) is 89.6 Å². The SMILES string of the molecule is COc1cc(C(=O)Nc2nc(-c3ccc(C)c(C)c3)c(C)s2)ccc1OCC(=O)Nc1ccc(F)cc1. The van der Waals surface area contributed by atoms with Gasteiger partial charge in [-0.25, -0.2) is 9.37 Å². The minimum Gasteiger partial charge on any atom is -0.493 e. The maximum atomic E-state index is 13.0. The van der Waals surface area contributed by atoms with Crippen LogP contribution in [0.5, 0.6) is 11.5 Å². The molecule has 2 N–H and O–H groups in total. The highest BCUT2D eigenvalue weighted by Gasteiger charge is 2.16. The van der Waals surface area contributed by atoms with E-state index in [1.165, 1.54) is 59.9 Å². The third kappa shape index (κ3) is 6.31. The van der Waals surface area contributed by atoms with Crippen molar-refractivity contribution in [3.8, 4) is 22.8 Å². The molecule has 0 saturated heterocycles. The van der Waals surface area contributed by atoms with Crippen molar-refractivity contribution in [2.24, 2.45) is 0 Å². The lowest BCUT2D eigenvalue weighted by Crippen LogP contribution is -2.20. The number of halogens is 1. The van der Waals surface area contributed by atoms with Crippen LogP contribution in [0.25, 0.3) is 11.3 Å². The Hall–Kier alpha value is -4.24. The highest BCUT2D eigenvalue weighted by Crippen LogP contribution is 2.32. The molecule has 0 spiro atoms. The predicted molar refractivity (Wildman–Crippen MR) is 143 cm³/mol. The van der Waals surface area contributed by atoms with Crippen LogP contribution in [-0.2, 0) is 4.79 Å². The minimum absolute atomic E-state index is 0.293. The van der Waals surface area contributed by atoms with Crippen molar-refractivity contribution in [2.45, 2.75) is 20.8 Å². The van der Waals surface area contributed by atoms with Gasteiger partial charge >= 0.3 is 0 Å². The molecular formula is C28H26FN3O4S. The Morgan fingerprint density at radius 3 is 2.38 bits per heavy atom. The van der Waals surface area contributed by atoms with E-state index in [2.05, 4.69) is 41.6 Å². The predicted octanol–water partition coefficient (Wildman–Crippen LogP) is 6.15. The Kier molecular flexibility index (Phi) is 7.83. The first-order valence-electron chi connectivity index (χ1n) is 11.5. The average Bonchev–Trinajstić information content (AvgIpc) is 3.25. The zero-order valence-corrected chi connectivity index (χ0v) is 21.7. The maximum Gasteiger partial charge on any atom is 0.262 e. The Morgan fingerprint density at radius 2 is 1.68 bits per heavy atom. The molecule has 0 fully saturated rings. The van der Waals surface area contributed by atoms with Crippen molar-refractivity contribution < 1.29 is 23.5 Å². The molecule has 0 unspecified atom stereocenters. The lowest BCUT2D eigenvalue weighted by molar-refractivity contribution is -0.118. The van der Waals surface area contributed by atoms with E-state index >= 15 is 0 Å². The van der Waals surface area contributed by atoms with Crippen LogP contribution >= 0.6 is 11.3 Å². The van der Waals surface area contributed by atoms with Gasteiger partial charge in [-0.15, -0.1) is 11.3 Å². The molecule has 0 atom stereocenters. The molecule has 0 aliphatic rings. The highest BCUT2D eigenvalue weighted by molar-refractivity contribution is 7.16. The fourth-order valence-electron chi connectivity index (χ4n) is 3.58. The molecule has 3 aromatic carbocycles. The number of thiazole rings is 1. The average molecular weight is 520 g/mol. The summed E-state index contributed by atoms with van der Waals surface area (Å²) in [5.41, 5.74) is 5.03. The molecule has 0 radical (unpaired) electrons. The van der Waals surface area contributed by atoms with Crippen LogP contribution < -0.4 is 20.1 Å². The normalized spacial score (nSPS) is 10.6. The number of aryl methyl sites for hydroxylation is 3. The second-order valence-corrected chi connectivity index (χ2v) is 9.59. The number of carbonyl (C=O) groups is 2. The highest BCUT2D eigenvalue weighted by atomic mass is 32.1. The Morgan fingerprint density at radius 1 is 0.919 bits per heavy atom. The molecule has 0 aliphatic heterocycles. The first kappa shape index (κ1) is 25.8. The molecule has 9 heteroatoms. The molecule has 190 valence electrons. The number of nitrogens with zero attached hydrogens (tertiary/aromatic N) is 1. The summed E-state index contributed by atoms with van der Waals surface area (Å²) in [6, 6.07) is 16.3. The Labute approximate surface area is 218 Å². The summed E-state index contributed by atoms with van der Waals surface area (Å²) in [7, 11) is 1.45. The van der Waals surface area contributed by atoms with E-state index in [1.807, 2.05) is 13.0 Å². The van der Waals surface area contributed by atoms with Gasteiger partial charge in [-0.2, -0.15) is 0 Å². The number of benzene rings is 3. The van der Waals surface area contributed by atoms with Gasteiger partial charge in [0.25, 0.3) is 11.8 Å². The Balaban J connectivity index is 1.41. The number of anilines is 2. The van der Waals surface area contributed by atoms with Crippen molar-refractivity contribution in [2.75, 3.05) is 24.4 Å². The zero-order chi connectivity index (χ0) is 26.5. The van der Waals surface area contributed by atoms with Crippen LogP contribution in [-0.4, -0.2) is 30.5 Å². The van der Waals surface area contributed by atoms with Crippen LogP contribution in [0.15, 0.2) is 60.7 Å². The molecule has 1 heterocycles. The van der Waals surface area contributed by atoms with Gasteiger partial charge in [-0.3, -0.25) is 14.9 Å². The molecule has 4 aromatic rings. The summed E-state index contributed by atoms with van der Waals surface area (Å²) in [5.74, 6) is -0.563. The standard InChI is InChI=1S/C28H26FN3O4S/c1-16-5-6-19(13-17(16)2)26-18(3)37-28(31-26)32-27(34)20-7-12-23(24(14-20)35-4)36-15-25(33)30-22-10-8-21(29)9-11-22/h5-14H,15H2,1-4H3,(H,30,33)(H,31,32,34). The van der Waals surface area contributed by atoms with E-state index < -0.39 is 11.7 Å². The third-order valence-corrected chi connectivity index (χ3v) is 6.60. The monoisotopic (exact) mass is 519 g/mol. The number of aromatic nitrogens is 1. The van der Waals surface area contributed by atoms with Gasteiger partial charge < -0.3 is 14.8 Å². The lowest BCUT2D eigenvalue weighted by atomic mass is 10.0. The number of methoxy groups -OCH3 is 1. The van der Waals surface area contributed by atoms with Gasteiger partial charge in [0.2, 0.25) is 0 Å². The number of rotatable bonds is 8. The molecule has 1 aromatic heterocycles. The van der Waals surface area contributed by atoms with Gasteiger partial charge in [0.15, 0.2) is 23.2 Å². The quantitative estimate of drug-likeness (QED) is 0.291. The van der Waals surface area contributed by atoms with Gasteiger partial charge in [0, 0.05) is 21.7 Å². The molecule has 4 rings (SSSR count). The largest absolute Gasteiger partial charge is 0.493 e. The summed E-state index contributed by atoms with van der Waals surface area (Å²) in [6.45, 7) is 5.80. The summed E-state index contributed by atoms with van der Waals surface area (Å²) in [5, 5.41) is 5.96. The summed E-state index contributed by atoms with van der Waals surface area (Å²) < 4.78 is 24.0. The van der Waals surface area contributed by atoms with E-state index in [1.54, 1.807) is 12.1 Å². The van der Waals surface area contributed by atoms with E-state index in [9.17, 15) is 14.0 Å². The van der Waals surface area contributed by atoms with E-state index in [4.69, 9.17) is 9.47 Å². The Bertz CT molecular complexity index is 1450. The first-order valence-corrected chi connectivity index (χ1v) is 12.3. The number of ether oxygens (including phenoxy) is 2. The fourth-order valence-corrected chi connectivity index (χ4v) is 4.41. The summed E-state index contributed by atoms with van der Waals surface area (Å²) in [6.07, 6.45) is 0. The second-order valence-electron chi connectivity index (χ2n) is 8.39. The smallest absolute Gasteiger partial charge is 0.262 e. The van der Waals surface area contributed by atoms with Crippen molar-refractivity contribution in [1.29, 1.82) is 0 Å². The van der Waals surface area contributed by atoms with E-state index in [-0.39, 0.29) is 12.5 Å². The number of hydrogen-bond acceptors (Lipinski definition) is 6. The molecule has 37 heavy (non-hydrogen) atoms. The summed E-state index contributed by atoms with van der Waals surface area (Å²) in [4.78, 5) is 30.7. The molecule has 0 aliphatic carbocycles. The van der Waals surface area contributed by atoms with Crippen molar-refractivity contribution in [3.63, 3.8) is 0 Å². The maximum absolute atomic E-state index is 13.0. The van der Waals surface area contributed by atoms with E-state index in [0.717, 1.165) is 16.1 Å². The van der Waals surface area contributed by atoms with Crippen LogP contribution in [0.4, 0.5) is 15.2 Å². The van der Waals surface area contributed by atoms with Crippen LogP contribution in [0.1, 0.15) is 26.4 Å². The molecular weight excluding hydrogens is 493 g/mol. The molecule has 2 amide bonds. The molecule has 0 bridgehead atoms.